The van der Waals surface area contributed by atoms with Crippen molar-refractivity contribution in [3.63, 3.8) is 0 Å². The molecule has 1 aromatic rings. The SMILES string of the molecule is CS(=O)(=O)CCSCc1ncncc1C(=O)O. The quantitative estimate of drug-likeness (QED) is 0.753. The predicted molar refractivity (Wildman–Crippen MR) is 64.9 cm³/mol. The third-order valence-electron chi connectivity index (χ3n) is 1.86. The molecule has 0 bridgehead atoms. The van der Waals surface area contributed by atoms with E-state index in [1.807, 2.05) is 0 Å². The summed E-state index contributed by atoms with van der Waals surface area (Å²) in [4.78, 5) is 18.3. The third-order valence-corrected chi connectivity index (χ3v) is 4.04. The molecule has 0 saturated heterocycles. The summed E-state index contributed by atoms with van der Waals surface area (Å²) in [7, 11) is -2.97. The lowest BCUT2D eigenvalue weighted by molar-refractivity contribution is 0.0695. The van der Waals surface area contributed by atoms with Gasteiger partial charge in [0.1, 0.15) is 21.7 Å². The van der Waals surface area contributed by atoms with E-state index in [0.717, 1.165) is 0 Å². The van der Waals surface area contributed by atoms with Crippen LogP contribution in [0.2, 0.25) is 0 Å². The van der Waals surface area contributed by atoms with Gasteiger partial charge >= 0.3 is 5.97 Å². The first-order valence-electron chi connectivity index (χ1n) is 4.68. The minimum atomic E-state index is -2.97. The van der Waals surface area contributed by atoms with Crippen molar-refractivity contribution in [1.29, 1.82) is 0 Å². The largest absolute Gasteiger partial charge is 0.478 e. The summed E-state index contributed by atoms with van der Waals surface area (Å²) in [5.41, 5.74) is 0.463. The Labute approximate surface area is 103 Å². The smallest absolute Gasteiger partial charge is 0.339 e. The molecule has 1 N–H and O–H groups in total. The number of rotatable bonds is 6. The highest BCUT2D eigenvalue weighted by Gasteiger charge is 2.11. The van der Waals surface area contributed by atoms with Crippen LogP contribution in [-0.2, 0) is 15.6 Å². The highest BCUT2D eigenvalue weighted by Crippen LogP contribution is 2.13. The van der Waals surface area contributed by atoms with Crippen LogP contribution in [0, 0.1) is 0 Å². The molecule has 0 atom stereocenters. The number of carboxylic acids is 1. The zero-order valence-electron chi connectivity index (χ0n) is 9.16. The lowest BCUT2D eigenvalue weighted by Crippen LogP contribution is -2.07. The second kappa shape index (κ2) is 5.97. The molecule has 0 aliphatic rings. The normalized spacial score (nSPS) is 11.4. The standard InChI is InChI=1S/C9H12N2O4S2/c1-17(14,15)3-2-16-5-8-7(9(12)13)4-10-6-11-8/h4,6H,2-3,5H2,1H3,(H,12,13). The minimum Gasteiger partial charge on any atom is -0.478 e. The summed E-state index contributed by atoms with van der Waals surface area (Å²) in [5, 5.41) is 8.87. The molecule has 0 spiro atoms. The fraction of sp³-hybridized carbons (Fsp3) is 0.444. The van der Waals surface area contributed by atoms with E-state index in [1.165, 1.54) is 30.5 Å². The van der Waals surface area contributed by atoms with Gasteiger partial charge in [-0.2, -0.15) is 11.8 Å². The molecule has 1 rings (SSSR count). The molecule has 0 fully saturated rings. The highest BCUT2D eigenvalue weighted by molar-refractivity contribution is 7.99. The Morgan fingerprint density at radius 2 is 2.24 bits per heavy atom. The molecule has 0 amide bonds. The first-order valence-corrected chi connectivity index (χ1v) is 7.89. The Morgan fingerprint density at radius 3 is 2.82 bits per heavy atom. The zero-order chi connectivity index (χ0) is 12.9. The molecule has 6 nitrogen and oxygen atoms in total. The van der Waals surface area contributed by atoms with Crippen LogP contribution < -0.4 is 0 Å². The molecular formula is C9H12N2O4S2. The van der Waals surface area contributed by atoms with Crippen molar-refractivity contribution in [3.05, 3.63) is 23.8 Å². The predicted octanol–water partition coefficient (Wildman–Crippen LogP) is 0.453. The van der Waals surface area contributed by atoms with Gasteiger partial charge in [0, 0.05) is 24.0 Å². The van der Waals surface area contributed by atoms with E-state index in [4.69, 9.17) is 5.11 Å². The van der Waals surface area contributed by atoms with Gasteiger partial charge in [-0.1, -0.05) is 0 Å². The number of aromatic carboxylic acids is 1. The first kappa shape index (κ1) is 13.9. The Hall–Kier alpha value is -1.15. The Bertz CT molecular complexity index is 501. The minimum absolute atomic E-state index is 0.0550. The summed E-state index contributed by atoms with van der Waals surface area (Å²) >= 11 is 1.33. The van der Waals surface area contributed by atoms with Crippen molar-refractivity contribution in [2.24, 2.45) is 0 Å². The summed E-state index contributed by atoms with van der Waals surface area (Å²) < 4.78 is 21.8. The van der Waals surface area contributed by atoms with E-state index < -0.39 is 15.8 Å². The Kier molecular flexibility index (Phi) is 4.88. The fourth-order valence-electron chi connectivity index (χ4n) is 1.03. The van der Waals surface area contributed by atoms with Crippen LogP contribution in [0.15, 0.2) is 12.5 Å². The number of thioether (sulfide) groups is 1. The van der Waals surface area contributed by atoms with E-state index >= 15 is 0 Å². The van der Waals surface area contributed by atoms with Gasteiger partial charge in [0.2, 0.25) is 0 Å². The summed E-state index contributed by atoms with van der Waals surface area (Å²) in [5.74, 6) is -0.225. The van der Waals surface area contributed by atoms with Gasteiger partial charge < -0.3 is 5.11 Å². The molecule has 17 heavy (non-hydrogen) atoms. The third kappa shape index (κ3) is 5.14. The molecule has 94 valence electrons. The lowest BCUT2D eigenvalue weighted by Gasteiger charge is -2.03. The van der Waals surface area contributed by atoms with Gasteiger partial charge in [0.25, 0.3) is 0 Å². The molecule has 0 aliphatic heterocycles. The Balaban J connectivity index is 2.55. The number of carbonyl (C=O) groups is 1. The van der Waals surface area contributed by atoms with Gasteiger partial charge in [-0.05, 0) is 0 Å². The molecule has 0 saturated carbocycles. The lowest BCUT2D eigenvalue weighted by atomic mass is 10.2. The number of carboxylic acid groups (broad SMARTS) is 1. The molecule has 0 aromatic carbocycles. The van der Waals surface area contributed by atoms with Crippen LogP contribution in [0.1, 0.15) is 16.1 Å². The number of hydrogen-bond donors (Lipinski definition) is 1. The number of sulfone groups is 1. The number of hydrogen-bond acceptors (Lipinski definition) is 6. The van der Waals surface area contributed by atoms with Crippen molar-refractivity contribution in [2.75, 3.05) is 17.8 Å². The highest BCUT2D eigenvalue weighted by atomic mass is 32.2. The van der Waals surface area contributed by atoms with E-state index in [1.54, 1.807) is 0 Å². The van der Waals surface area contributed by atoms with Crippen LogP contribution in [0.3, 0.4) is 0 Å². The second-order valence-electron chi connectivity index (χ2n) is 3.37. The maximum atomic E-state index is 10.9. The van der Waals surface area contributed by atoms with Crippen LogP contribution in [-0.4, -0.2) is 47.2 Å². The van der Waals surface area contributed by atoms with Crippen LogP contribution in [0.5, 0.6) is 0 Å². The molecule has 0 radical (unpaired) electrons. The summed E-state index contributed by atoms with van der Waals surface area (Å²) in [6.07, 6.45) is 3.68. The van der Waals surface area contributed by atoms with E-state index in [0.29, 0.717) is 17.2 Å². The van der Waals surface area contributed by atoms with E-state index in [-0.39, 0.29) is 11.3 Å². The number of aromatic nitrogens is 2. The average Bonchev–Trinajstić information content (AvgIpc) is 2.23. The van der Waals surface area contributed by atoms with Crippen LogP contribution in [0.4, 0.5) is 0 Å². The molecule has 0 aliphatic carbocycles. The van der Waals surface area contributed by atoms with E-state index in [9.17, 15) is 13.2 Å². The van der Waals surface area contributed by atoms with Crippen molar-refractivity contribution < 1.29 is 18.3 Å². The summed E-state index contributed by atoms with van der Waals surface area (Å²) in [6, 6.07) is 0. The molecular weight excluding hydrogens is 264 g/mol. The maximum absolute atomic E-state index is 10.9. The molecule has 1 aromatic heterocycles. The fourth-order valence-corrected chi connectivity index (χ4v) is 3.28. The second-order valence-corrected chi connectivity index (χ2v) is 6.74. The average molecular weight is 276 g/mol. The van der Waals surface area contributed by atoms with Crippen molar-refractivity contribution in [1.82, 2.24) is 9.97 Å². The van der Waals surface area contributed by atoms with Crippen molar-refractivity contribution in [2.45, 2.75) is 5.75 Å². The zero-order valence-corrected chi connectivity index (χ0v) is 10.8. The molecule has 0 unspecified atom stereocenters. The Morgan fingerprint density at radius 1 is 1.53 bits per heavy atom. The van der Waals surface area contributed by atoms with Crippen LogP contribution >= 0.6 is 11.8 Å². The first-order chi connectivity index (χ1) is 7.90. The molecule has 8 heteroatoms. The van der Waals surface area contributed by atoms with Gasteiger partial charge in [-0.3, -0.25) is 0 Å². The van der Waals surface area contributed by atoms with Gasteiger partial charge in [0.15, 0.2) is 0 Å². The van der Waals surface area contributed by atoms with Crippen LogP contribution in [0.25, 0.3) is 0 Å². The van der Waals surface area contributed by atoms with Crippen molar-refractivity contribution in [3.8, 4) is 0 Å². The van der Waals surface area contributed by atoms with Gasteiger partial charge in [0.05, 0.1) is 11.4 Å². The van der Waals surface area contributed by atoms with Gasteiger partial charge in [-0.25, -0.2) is 23.2 Å². The topological polar surface area (TPSA) is 97.2 Å². The number of nitrogens with zero attached hydrogens (tertiary/aromatic N) is 2. The summed E-state index contributed by atoms with van der Waals surface area (Å²) in [6.45, 7) is 0. The van der Waals surface area contributed by atoms with Gasteiger partial charge in [-0.15, -0.1) is 0 Å². The molecule has 1 heterocycles. The van der Waals surface area contributed by atoms with Crippen molar-refractivity contribution >= 4 is 27.6 Å². The van der Waals surface area contributed by atoms with E-state index in [2.05, 4.69) is 9.97 Å². The maximum Gasteiger partial charge on any atom is 0.339 e. The monoisotopic (exact) mass is 276 g/mol.